The monoisotopic (exact) mass is 473 g/mol. The molecule has 3 aromatic carbocycles. The predicted molar refractivity (Wildman–Crippen MR) is 133 cm³/mol. The molecule has 5 atom stereocenters. The highest BCUT2D eigenvalue weighted by Gasteiger charge is 2.53. The summed E-state index contributed by atoms with van der Waals surface area (Å²) < 4.78 is 31.3. The van der Waals surface area contributed by atoms with Crippen LogP contribution in [0.25, 0.3) is 0 Å². The molecular formula is C29H31NO5. The molecule has 35 heavy (non-hydrogen) atoms. The quantitative estimate of drug-likeness (QED) is 0.396. The third kappa shape index (κ3) is 6.16. The number of aliphatic imine (C=N–C) groups is 1. The average molecular weight is 474 g/mol. The van der Waals surface area contributed by atoms with E-state index >= 15 is 0 Å². The first-order valence-corrected chi connectivity index (χ1v) is 12.1. The second-order valence-corrected chi connectivity index (χ2v) is 8.82. The summed E-state index contributed by atoms with van der Waals surface area (Å²) in [6.45, 7) is 3.60. The van der Waals surface area contributed by atoms with Crippen molar-refractivity contribution in [2.75, 3.05) is 6.61 Å². The fraction of sp³-hybridized carbons (Fsp3) is 0.345. The van der Waals surface area contributed by atoms with Gasteiger partial charge in [-0.15, -0.1) is 0 Å². The SMILES string of the molecule is CC1=N[C@H]2O[C@H]([C@@H](COCc3ccccc3)OCc3ccccc3)[C@H](OCc3ccccc3)[C@H]2O1. The number of hydrogen-bond donors (Lipinski definition) is 0. The van der Waals surface area contributed by atoms with Crippen molar-refractivity contribution in [2.45, 2.75) is 57.4 Å². The maximum Gasteiger partial charge on any atom is 0.191 e. The van der Waals surface area contributed by atoms with Crippen LogP contribution in [-0.2, 0) is 43.5 Å². The summed E-state index contributed by atoms with van der Waals surface area (Å²) in [5.41, 5.74) is 3.29. The van der Waals surface area contributed by atoms with Crippen molar-refractivity contribution in [3.63, 3.8) is 0 Å². The third-order valence-electron chi connectivity index (χ3n) is 6.19. The number of rotatable bonds is 11. The highest BCUT2D eigenvalue weighted by molar-refractivity contribution is 5.75. The van der Waals surface area contributed by atoms with Crippen molar-refractivity contribution in [1.82, 2.24) is 0 Å². The fourth-order valence-electron chi connectivity index (χ4n) is 4.44. The molecule has 0 aliphatic carbocycles. The van der Waals surface area contributed by atoms with E-state index in [1.807, 2.05) is 97.9 Å². The maximum absolute atomic E-state index is 6.40. The van der Waals surface area contributed by atoms with Crippen LogP contribution in [0.4, 0.5) is 0 Å². The Morgan fingerprint density at radius 2 is 1.34 bits per heavy atom. The third-order valence-corrected chi connectivity index (χ3v) is 6.19. The molecule has 0 aromatic heterocycles. The minimum atomic E-state index is -0.405. The molecule has 0 unspecified atom stereocenters. The van der Waals surface area contributed by atoms with Crippen LogP contribution >= 0.6 is 0 Å². The van der Waals surface area contributed by atoms with E-state index in [1.54, 1.807) is 0 Å². The Kier molecular flexibility index (Phi) is 7.85. The van der Waals surface area contributed by atoms with Crippen LogP contribution in [0.15, 0.2) is 96.0 Å². The largest absolute Gasteiger partial charge is 0.470 e. The second-order valence-electron chi connectivity index (χ2n) is 8.82. The van der Waals surface area contributed by atoms with Gasteiger partial charge in [0, 0.05) is 6.92 Å². The molecule has 0 N–H and O–H groups in total. The van der Waals surface area contributed by atoms with Gasteiger partial charge in [0.15, 0.2) is 18.2 Å². The summed E-state index contributed by atoms with van der Waals surface area (Å²) in [5.74, 6) is 0.619. The second kappa shape index (κ2) is 11.6. The lowest BCUT2D eigenvalue weighted by Crippen LogP contribution is -2.44. The van der Waals surface area contributed by atoms with Crippen molar-refractivity contribution >= 4 is 5.90 Å². The number of nitrogens with zero attached hydrogens (tertiary/aromatic N) is 1. The molecule has 3 aromatic rings. The van der Waals surface area contributed by atoms with Gasteiger partial charge in [-0.25, -0.2) is 4.99 Å². The number of fused-ring (bicyclic) bond motifs is 1. The summed E-state index contributed by atoms with van der Waals surface area (Å²) in [5, 5.41) is 0. The van der Waals surface area contributed by atoms with Gasteiger partial charge in [-0.05, 0) is 16.7 Å². The van der Waals surface area contributed by atoms with Gasteiger partial charge in [0.1, 0.15) is 18.3 Å². The van der Waals surface area contributed by atoms with Crippen molar-refractivity contribution in [3.8, 4) is 0 Å². The van der Waals surface area contributed by atoms with Crippen LogP contribution in [0, 0.1) is 0 Å². The number of ether oxygens (including phenoxy) is 5. The van der Waals surface area contributed by atoms with Crippen LogP contribution in [-0.4, -0.2) is 43.1 Å². The zero-order chi connectivity index (χ0) is 23.9. The van der Waals surface area contributed by atoms with Crippen LogP contribution in [0.2, 0.25) is 0 Å². The van der Waals surface area contributed by atoms with E-state index in [0.717, 1.165) is 16.7 Å². The molecule has 0 bridgehead atoms. The smallest absolute Gasteiger partial charge is 0.191 e. The Morgan fingerprint density at radius 3 is 1.97 bits per heavy atom. The summed E-state index contributed by atoms with van der Waals surface area (Å²) in [7, 11) is 0. The standard InChI is InChI=1S/C29H31NO5/c1-21-30-29-28(34-21)27(33-19-24-15-9-4-10-16-24)26(35-29)25(32-18-23-13-7-3-8-14-23)20-31-17-22-11-5-2-6-12-22/h2-16,25-29H,17-20H2,1H3/t25-,26-,27+,28-,29+/m1/s1. The first-order valence-electron chi connectivity index (χ1n) is 12.1. The van der Waals surface area contributed by atoms with E-state index in [2.05, 4.69) is 4.99 Å². The molecule has 0 spiro atoms. The first-order chi connectivity index (χ1) is 17.3. The molecule has 1 fully saturated rings. The van der Waals surface area contributed by atoms with Crippen LogP contribution < -0.4 is 0 Å². The van der Waals surface area contributed by atoms with Crippen molar-refractivity contribution in [3.05, 3.63) is 108 Å². The molecule has 182 valence electrons. The normalized spacial score (nSPS) is 24.0. The molecule has 1 saturated heterocycles. The lowest BCUT2D eigenvalue weighted by molar-refractivity contribution is -0.140. The van der Waals surface area contributed by atoms with Crippen molar-refractivity contribution in [1.29, 1.82) is 0 Å². The minimum Gasteiger partial charge on any atom is -0.470 e. The zero-order valence-electron chi connectivity index (χ0n) is 19.9. The van der Waals surface area contributed by atoms with Gasteiger partial charge >= 0.3 is 0 Å². The van der Waals surface area contributed by atoms with Gasteiger partial charge in [-0.2, -0.15) is 0 Å². The van der Waals surface area contributed by atoms with Crippen LogP contribution in [0.3, 0.4) is 0 Å². The molecule has 0 amide bonds. The Hall–Kier alpha value is -3.03. The molecular weight excluding hydrogens is 442 g/mol. The molecule has 6 nitrogen and oxygen atoms in total. The topological polar surface area (TPSA) is 58.5 Å². The lowest BCUT2D eigenvalue weighted by atomic mass is 10.0. The highest BCUT2D eigenvalue weighted by Crippen LogP contribution is 2.35. The molecule has 6 heteroatoms. The Labute approximate surface area is 206 Å². The number of hydrogen-bond acceptors (Lipinski definition) is 6. The zero-order valence-corrected chi connectivity index (χ0v) is 19.9. The van der Waals surface area contributed by atoms with Gasteiger partial charge in [-0.1, -0.05) is 91.0 Å². The van der Waals surface area contributed by atoms with E-state index in [-0.39, 0.29) is 24.4 Å². The van der Waals surface area contributed by atoms with Crippen molar-refractivity contribution < 1.29 is 23.7 Å². The summed E-state index contributed by atoms with van der Waals surface area (Å²) in [4.78, 5) is 4.53. The van der Waals surface area contributed by atoms with Gasteiger partial charge in [-0.3, -0.25) is 0 Å². The molecule has 2 aliphatic rings. The number of benzene rings is 3. The van der Waals surface area contributed by atoms with Crippen molar-refractivity contribution in [2.24, 2.45) is 4.99 Å². The molecule has 0 radical (unpaired) electrons. The van der Waals surface area contributed by atoms with Crippen LogP contribution in [0.5, 0.6) is 0 Å². The molecule has 5 rings (SSSR count). The van der Waals surface area contributed by atoms with Gasteiger partial charge in [0.2, 0.25) is 0 Å². The fourth-order valence-corrected chi connectivity index (χ4v) is 4.44. The Balaban J connectivity index is 1.31. The van der Waals surface area contributed by atoms with E-state index in [9.17, 15) is 0 Å². The average Bonchev–Trinajstić information content (AvgIpc) is 3.42. The summed E-state index contributed by atoms with van der Waals surface area (Å²) >= 11 is 0. The van der Waals surface area contributed by atoms with E-state index in [1.165, 1.54) is 0 Å². The molecule has 0 saturated carbocycles. The first kappa shape index (κ1) is 23.7. The highest BCUT2D eigenvalue weighted by atomic mass is 16.6. The van der Waals surface area contributed by atoms with E-state index < -0.39 is 6.23 Å². The maximum atomic E-state index is 6.40. The summed E-state index contributed by atoms with van der Waals surface area (Å²) in [6.07, 6.45) is -1.80. The summed E-state index contributed by atoms with van der Waals surface area (Å²) in [6, 6.07) is 30.3. The molecule has 2 aliphatic heterocycles. The van der Waals surface area contributed by atoms with Gasteiger partial charge < -0.3 is 23.7 Å². The van der Waals surface area contributed by atoms with Gasteiger partial charge in [0.25, 0.3) is 0 Å². The predicted octanol–water partition coefficient (Wildman–Crippen LogP) is 4.92. The lowest BCUT2D eigenvalue weighted by Gasteiger charge is -2.29. The van der Waals surface area contributed by atoms with Gasteiger partial charge in [0.05, 0.1) is 26.4 Å². The Bertz CT molecular complexity index is 1080. The van der Waals surface area contributed by atoms with E-state index in [4.69, 9.17) is 23.7 Å². The molecule has 2 heterocycles. The van der Waals surface area contributed by atoms with E-state index in [0.29, 0.717) is 32.3 Å². The minimum absolute atomic E-state index is 0.305. The Morgan fingerprint density at radius 1 is 0.771 bits per heavy atom. The van der Waals surface area contributed by atoms with Crippen LogP contribution in [0.1, 0.15) is 23.6 Å².